The van der Waals surface area contributed by atoms with E-state index in [4.69, 9.17) is 0 Å². The second-order valence-corrected chi connectivity index (χ2v) is 8.18. The third-order valence-corrected chi connectivity index (χ3v) is 4.84. The van der Waals surface area contributed by atoms with Gasteiger partial charge in [-0.25, -0.2) is 0 Å². The van der Waals surface area contributed by atoms with Crippen LogP contribution in [0.1, 0.15) is 80.1 Å². The first-order chi connectivity index (χ1) is 9.69. The quantitative estimate of drug-likeness (QED) is 0.447. The van der Waals surface area contributed by atoms with Crippen molar-refractivity contribution in [1.29, 1.82) is 0 Å². The maximum Gasteiger partial charge on any atom is -0.0181 e. The lowest BCUT2D eigenvalue weighted by Crippen LogP contribution is -2.22. The topological polar surface area (TPSA) is 0 Å². The van der Waals surface area contributed by atoms with Crippen LogP contribution in [-0.2, 0) is 0 Å². The number of hydrogen-bond acceptors (Lipinski definition) is 0. The molecular formula is C21H36. The highest BCUT2D eigenvalue weighted by molar-refractivity contribution is 5.68. The smallest absolute Gasteiger partial charge is 0.0181 e. The molecule has 0 nitrogen and oxygen atoms in total. The molecular weight excluding hydrogens is 252 g/mol. The molecule has 0 saturated heterocycles. The van der Waals surface area contributed by atoms with Crippen LogP contribution in [0.2, 0.25) is 0 Å². The van der Waals surface area contributed by atoms with E-state index in [0.29, 0.717) is 17.3 Å². The van der Waals surface area contributed by atoms with E-state index in [-0.39, 0.29) is 0 Å². The number of allylic oxidation sites excluding steroid dienone is 4. The van der Waals surface area contributed by atoms with E-state index < -0.39 is 0 Å². The summed E-state index contributed by atoms with van der Waals surface area (Å²) in [7, 11) is 0. The molecule has 0 aromatic carbocycles. The van der Waals surface area contributed by atoms with E-state index in [1.807, 2.05) is 0 Å². The van der Waals surface area contributed by atoms with Gasteiger partial charge in [0.2, 0.25) is 0 Å². The van der Waals surface area contributed by atoms with Gasteiger partial charge in [-0.3, -0.25) is 0 Å². The Hall–Kier alpha value is -0.780. The second-order valence-electron chi connectivity index (χ2n) is 8.18. The number of rotatable bonds is 8. The summed E-state index contributed by atoms with van der Waals surface area (Å²) >= 11 is 0. The van der Waals surface area contributed by atoms with E-state index in [1.54, 1.807) is 0 Å². The molecule has 0 radical (unpaired) electrons. The Balaban J connectivity index is 2.69. The highest BCUT2D eigenvalue weighted by Crippen LogP contribution is 2.47. The zero-order valence-corrected chi connectivity index (χ0v) is 15.3. The molecule has 0 bridgehead atoms. The monoisotopic (exact) mass is 288 g/mol. The molecule has 120 valence electrons. The molecule has 0 saturated carbocycles. The molecule has 0 heterocycles. The Bertz CT molecular complexity index is 414. The number of unbranched alkanes of at least 4 members (excludes halogenated alkanes) is 1. The van der Waals surface area contributed by atoms with Crippen molar-refractivity contribution >= 4 is 0 Å². The SMILES string of the molecule is C=C1C(=C)C(C(C)CCCC(C)(C)C)=C1C(C)CCCC. The molecule has 1 aliphatic rings. The third-order valence-electron chi connectivity index (χ3n) is 4.84. The van der Waals surface area contributed by atoms with Gasteiger partial charge in [-0.15, -0.1) is 0 Å². The summed E-state index contributed by atoms with van der Waals surface area (Å²) in [5.41, 5.74) is 5.99. The zero-order chi connectivity index (χ0) is 16.2. The van der Waals surface area contributed by atoms with Gasteiger partial charge in [0.1, 0.15) is 0 Å². The lowest BCUT2D eigenvalue weighted by atomic mass is 9.67. The van der Waals surface area contributed by atoms with E-state index in [9.17, 15) is 0 Å². The van der Waals surface area contributed by atoms with Gasteiger partial charge in [0, 0.05) is 0 Å². The Labute approximate surface area is 133 Å². The van der Waals surface area contributed by atoms with Crippen LogP contribution in [0, 0.1) is 17.3 Å². The van der Waals surface area contributed by atoms with Gasteiger partial charge in [-0.2, -0.15) is 0 Å². The van der Waals surface area contributed by atoms with Gasteiger partial charge in [-0.1, -0.05) is 74.0 Å². The molecule has 0 spiro atoms. The van der Waals surface area contributed by atoms with Crippen molar-refractivity contribution in [3.05, 3.63) is 35.5 Å². The minimum Gasteiger partial charge on any atom is -0.0909 e. The van der Waals surface area contributed by atoms with Crippen LogP contribution in [0.25, 0.3) is 0 Å². The molecule has 0 N–H and O–H groups in total. The summed E-state index contributed by atoms with van der Waals surface area (Å²) in [6.45, 7) is 22.5. The molecule has 21 heavy (non-hydrogen) atoms. The first-order valence-electron chi connectivity index (χ1n) is 8.82. The Morgan fingerprint density at radius 2 is 1.29 bits per heavy atom. The highest BCUT2D eigenvalue weighted by atomic mass is 14.4. The summed E-state index contributed by atoms with van der Waals surface area (Å²) in [5, 5.41) is 0. The van der Waals surface area contributed by atoms with E-state index in [2.05, 4.69) is 54.7 Å². The summed E-state index contributed by atoms with van der Waals surface area (Å²) in [5.74, 6) is 1.30. The number of hydrogen-bond donors (Lipinski definition) is 0. The highest BCUT2D eigenvalue weighted by Gasteiger charge is 2.32. The molecule has 1 aliphatic carbocycles. The summed E-state index contributed by atoms with van der Waals surface area (Å²) in [4.78, 5) is 0. The van der Waals surface area contributed by atoms with Gasteiger partial charge in [0.25, 0.3) is 0 Å². The molecule has 0 aliphatic heterocycles. The van der Waals surface area contributed by atoms with Crippen molar-refractivity contribution in [3.8, 4) is 0 Å². The molecule has 0 heteroatoms. The predicted octanol–water partition coefficient (Wildman–Crippen LogP) is 7.09. The lowest BCUT2D eigenvalue weighted by molar-refractivity contribution is 0.349. The Morgan fingerprint density at radius 1 is 0.857 bits per heavy atom. The van der Waals surface area contributed by atoms with Crippen molar-refractivity contribution < 1.29 is 0 Å². The molecule has 1 rings (SSSR count). The van der Waals surface area contributed by atoms with Gasteiger partial charge < -0.3 is 0 Å². The fourth-order valence-electron chi connectivity index (χ4n) is 3.45. The summed E-state index contributed by atoms with van der Waals surface area (Å²) < 4.78 is 0. The first-order valence-corrected chi connectivity index (χ1v) is 8.82. The minimum absolute atomic E-state index is 0.450. The zero-order valence-electron chi connectivity index (χ0n) is 15.3. The molecule has 0 fully saturated rings. The van der Waals surface area contributed by atoms with Crippen LogP contribution in [0.3, 0.4) is 0 Å². The largest absolute Gasteiger partial charge is 0.0909 e. The fourth-order valence-corrected chi connectivity index (χ4v) is 3.45. The minimum atomic E-state index is 0.450. The maximum absolute atomic E-state index is 4.26. The van der Waals surface area contributed by atoms with Gasteiger partial charge >= 0.3 is 0 Å². The molecule has 2 atom stereocenters. The van der Waals surface area contributed by atoms with E-state index in [0.717, 1.165) is 0 Å². The van der Waals surface area contributed by atoms with Gasteiger partial charge in [0.05, 0.1) is 0 Å². The molecule has 0 aromatic rings. The van der Waals surface area contributed by atoms with Gasteiger partial charge in [0.15, 0.2) is 0 Å². The Morgan fingerprint density at radius 3 is 1.67 bits per heavy atom. The molecule has 0 amide bonds. The molecule has 2 unspecified atom stereocenters. The van der Waals surface area contributed by atoms with Crippen molar-refractivity contribution in [2.75, 3.05) is 0 Å². The standard InChI is InChI=1S/C21H36/c1-9-10-12-15(2)19-17(4)18(5)20(19)16(3)13-11-14-21(6,7)8/h15-16H,4-5,9-14H2,1-3,6-8H3. The molecule has 0 aromatic heterocycles. The first kappa shape index (κ1) is 18.3. The van der Waals surface area contributed by atoms with Crippen LogP contribution in [0.5, 0.6) is 0 Å². The third kappa shape index (κ3) is 4.87. The van der Waals surface area contributed by atoms with Gasteiger partial charge in [-0.05, 0) is 58.8 Å². The van der Waals surface area contributed by atoms with Crippen LogP contribution < -0.4 is 0 Å². The summed E-state index contributed by atoms with van der Waals surface area (Å²) in [6.07, 6.45) is 7.78. The van der Waals surface area contributed by atoms with Crippen molar-refractivity contribution in [2.24, 2.45) is 17.3 Å². The van der Waals surface area contributed by atoms with Crippen molar-refractivity contribution in [2.45, 2.75) is 80.1 Å². The van der Waals surface area contributed by atoms with Crippen LogP contribution in [0.15, 0.2) is 35.5 Å². The van der Waals surface area contributed by atoms with E-state index in [1.165, 1.54) is 60.8 Å². The average Bonchev–Trinajstić information content (AvgIpc) is 2.39. The Kier molecular flexibility index (Phi) is 6.50. The van der Waals surface area contributed by atoms with Crippen LogP contribution >= 0.6 is 0 Å². The maximum atomic E-state index is 4.26. The lowest BCUT2D eigenvalue weighted by Gasteiger charge is -2.37. The normalized spacial score (nSPS) is 18.8. The fraction of sp³-hybridized carbons (Fsp3) is 0.714. The van der Waals surface area contributed by atoms with Crippen molar-refractivity contribution in [1.82, 2.24) is 0 Å². The predicted molar refractivity (Wildman–Crippen MR) is 96.5 cm³/mol. The van der Waals surface area contributed by atoms with Crippen LogP contribution in [-0.4, -0.2) is 0 Å². The van der Waals surface area contributed by atoms with E-state index >= 15 is 0 Å². The second kappa shape index (κ2) is 7.47. The average molecular weight is 289 g/mol. The summed E-state index contributed by atoms with van der Waals surface area (Å²) in [6, 6.07) is 0. The van der Waals surface area contributed by atoms with Crippen molar-refractivity contribution in [3.63, 3.8) is 0 Å². The van der Waals surface area contributed by atoms with Crippen LogP contribution in [0.4, 0.5) is 0 Å².